The first-order valence-electron chi connectivity index (χ1n) is 19.9. The summed E-state index contributed by atoms with van der Waals surface area (Å²) in [6, 6.07) is 80.7. The molecular weight excluding hydrogens is 685 g/mol. The Kier molecular flexibility index (Phi) is 12.0. The molecule has 12 rings (SSSR count). The Balaban J connectivity index is 0.000000102. The number of fused-ring (bicyclic) bond motifs is 9. The van der Waals surface area contributed by atoms with Gasteiger partial charge in [-0.05, 0) is 108 Å². The zero-order valence-corrected chi connectivity index (χ0v) is 32.2. The quantitative estimate of drug-likeness (QED) is 0.108. The van der Waals surface area contributed by atoms with Gasteiger partial charge in [-0.15, -0.1) is 0 Å². The van der Waals surface area contributed by atoms with E-state index >= 15 is 0 Å². The number of benzene rings is 10. The predicted molar refractivity (Wildman–Crippen MR) is 248 cm³/mol. The van der Waals surface area contributed by atoms with Gasteiger partial charge in [0.1, 0.15) is 0 Å². The number of hydrogen-bond donors (Lipinski definition) is 0. The second-order valence-electron chi connectivity index (χ2n) is 14.3. The van der Waals surface area contributed by atoms with Crippen LogP contribution < -0.4 is 0 Å². The van der Waals surface area contributed by atoms with E-state index in [1.165, 1.54) is 89.3 Å². The Labute approximate surface area is 337 Å². The highest BCUT2D eigenvalue weighted by Crippen LogP contribution is 2.35. The molecule has 0 aliphatic heterocycles. The molecule has 2 aliphatic carbocycles. The van der Waals surface area contributed by atoms with Gasteiger partial charge in [0.25, 0.3) is 0 Å². The molecule has 0 unspecified atom stereocenters. The second-order valence-corrected chi connectivity index (χ2v) is 14.3. The van der Waals surface area contributed by atoms with Gasteiger partial charge in [-0.25, -0.2) is 0 Å². The largest absolute Gasteiger partial charge is 0.0836 e. The highest BCUT2D eigenvalue weighted by Gasteiger charge is 2.15. The van der Waals surface area contributed by atoms with Crippen molar-refractivity contribution < 1.29 is 0 Å². The summed E-state index contributed by atoms with van der Waals surface area (Å²) in [6.45, 7) is 0. The van der Waals surface area contributed by atoms with Crippen LogP contribution in [-0.2, 0) is 12.8 Å². The van der Waals surface area contributed by atoms with E-state index in [2.05, 4.69) is 206 Å². The first kappa shape index (κ1) is 36.9. The van der Waals surface area contributed by atoms with E-state index in [1.807, 2.05) is 36.4 Å². The third-order valence-electron chi connectivity index (χ3n) is 10.6. The van der Waals surface area contributed by atoms with E-state index in [-0.39, 0.29) is 0 Å². The molecule has 57 heavy (non-hydrogen) atoms. The van der Waals surface area contributed by atoms with Crippen molar-refractivity contribution in [3.63, 3.8) is 0 Å². The number of rotatable bonds is 0. The zero-order chi connectivity index (χ0) is 38.5. The first-order chi connectivity index (χ1) is 28.3. The first-order valence-corrected chi connectivity index (χ1v) is 19.9. The monoisotopic (exact) mass is 730 g/mol. The van der Waals surface area contributed by atoms with Crippen molar-refractivity contribution in [3.8, 4) is 11.1 Å². The molecule has 0 heterocycles. The summed E-state index contributed by atoms with van der Waals surface area (Å²) in [5, 5.41) is 10.5. The van der Waals surface area contributed by atoms with E-state index in [4.69, 9.17) is 0 Å². The average molecular weight is 731 g/mol. The molecule has 0 N–H and O–H groups in total. The van der Waals surface area contributed by atoms with Crippen molar-refractivity contribution in [1.29, 1.82) is 0 Å². The minimum Gasteiger partial charge on any atom is -0.0836 e. The van der Waals surface area contributed by atoms with Gasteiger partial charge in [-0.2, -0.15) is 0 Å². The maximum Gasteiger partial charge on any atom is -0.00135 e. The molecule has 0 radical (unpaired) electrons. The number of allylic oxidation sites excluding steroid dienone is 1. The molecule has 2 aliphatic rings. The van der Waals surface area contributed by atoms with Crippen LogP contribution in [-0.4, -0.2) is 0 Å². The fraction of sp³-hybridized carbons (Fsp3) is 0.0526. The van der Waals surface area contributed by atoms with Crippen LogP contribution in [0.1, 0.15) is 28.7 Å². The number of hydrogen-bond acceptors (Lipinski definition) is 0. The topological polar surface area (TPSA) is 0 Å². The Hall–Kier alpha value is -7.02. The maximum atomic E-state index is 2.24. The molecule has 274 valence electrons. The molecule has 0 aromatic heterocycles. The van der Waals surface area contributed by atoms with Gasteiger partial charge in [0, 0.05) is 0 Å². The van der Waals surface area contributed by atoms with E-state index in [0.717, 1.165) is 6.42 Å². The predicted octanol–water partition coefficient (Wildman–Crippen LogP) is 15.6. The molecule has 10 aromatic rings. The minimum atomic E-state index is 1.10. The van der Waals surface area contributed by atoms with Gasteiger partial charge >= 0.3 is 0 Å². The smallest absolute Gasteiger partial charge is 0.00135 e. The summed E-state index contributed by atoms with van der Waals surface area (Å²) in [6.07, 6.45) is 7.97. The van der Waals surface area contributed by atoms with Crippen molar-refractivity contribution in [3.05, 3.63) is 259 Å². The van der Waals surface area contributed by atoms with Gasteiger partial charge in [-0.3, -0.25) is 0 Å². The fourth-order valence-electron chi connectivity index (χ4n) is 7.68. The molecule has 0 heteroatoms. The molecule has 0 spiro atoms. The fourth-order valence-corrected chi connectivity index (χ4v) is 7.68. The summed E-state index contributed by atoms with van der Waals surface area (Å²) < 4.78 is 0. The van der Waals surface area contributed by atoms with Gasteiger partial charge in [0.2, 0.25) is 0 Å². The van der Waals surface area contributed by atoms with Crippen LogP contribution in [0.3, 0.4) is 0 Å². The Morgan fingerprint density at radius 2 is 0.649 bits per heavy atom. The molecule has 10 aromatic carbocycles. The van der Waals surface area contributed by atoms with E-state index < -0.39 is 0 Å². The zero-order valence-electron chi connectivity index (χ0n) is 32.2. The van der Waals surface area contributed by atoms with Crippen molar-refractivity contribution in [2.75, 3.05) is 0 Å². The Morgan fingerprint density at radius 3 is 1.11 bits per heavy atom. The van der Waals surface area contributed by atoms with Crippen LogP contribution in [0.15, 0.2) is 237 Å². The van der Waals surface area contributed by atoms with Crippen LogP contribution >= 0.6 is 0 Å². The van der Waals surface area contributed by atoms with Crippen LogP contribution in [0.4, 0.5) is 0 Å². The molecule has 0 nitrogen and oxygen atoms in total. The van der Waals surface area contributed by atoms with Crippen LogP contribution in [0.25, 0.3) is 60.3 Å². The SMILES string of the molecule is C1=Cc2ccccc2CC1.c1ccc2c(c1)Cc1ccccc1-2.c1ccc2c(c1)ccc1ccccc12.c1ccc2cc3ccccc3cc2c1.c1ccccc1. The van der Waals surface area contributed by atoms with Gasteiger partial charge in [-0.1, -0.05) is 231 Å². The van der Waals surface area contributed by atoms with E-state index in [9.17, 15) is 0 Å². The normalized spacial score (nSPS) is 11.6. The average Bonchev–Trinajstić information content (AvgIpc) is 3.69. The molecule has 0 bridgehead atoms. The van der Waals surface area contributed by atoms with Crippen molar-refractivity contribution in [1.82, 2.24) is 0 Å². The highest BCUT2D eigenvalue weighted by molar-refractivity contribution is 6.07. The molecule has 0 amide bonds. The number of aryl methyl sites for hydroxylation is 1. The van der Waals surface area contributed by atoms with Crippen molar-refractivity contribution >= 4 is 49.2 Å². The third kappa shape index (κ3) is 9.27. The van der Waals surface area contributed by atoms with Crippen LogP contribution in [0.5, 0.6) is 0 Å². The Bertz CT molecular complexity index is 2630. The lowest BCUT2D eigenvalue weighted by molar-refractivity contribution is 0.986. The maximum absolute atomic E-state index is 2.24. The minimum absolute atomic E-state index is 1.10. The van der Waals surface area contributed by atoms with Crippen molar-refractivity contribution in [2.24, 2.45) is 0 Å². The Morgan fingerprint density at radius 1 is 0.281 bits per heavy atom. The molecule has 0 saturated carbocycles. The lowest BCUT2D eigenvalue weighted by atomic mass is 9.98. The second kappa shape index (κ2) is 18.5. The van der Waals surface area contributed by atoms with Gasteiger partial charge in [0.05, 0.1) is 0 Å². The standard InChI is InChI=1S/2C14H10.C13H10.C10H10.C6H6/c1-3-7-13-11(5-1)9-10-12-6-2-4-8-14(12)13;1-2-6-12-10-14-8-4-3-7-13(14)9-11(12)5-1;1-3-7-12-10(5-1)9-11-6-2-4-8-13(11)12;1-2-6-10-8-4-3-7-9(10)5-1;1-2-4-6-5-3-1/h2*1-10H;1-8H,9H2;1-3,5-7H,4,8H2;1-6H. The molecule has 0 fully saturated rings. The van der Waals surface area contributed by atoms with Crippen LogP contribution in [0, 0.1) is 0 Å². The highest BCUT2D eigenvalue weighted by atomic mass is 14.2. The van der Waals surface area contributed by atoms with Crippen LogP contribution in [0.2, 0.25) is 0 Å². The van der Waals surface area contributed by atoms with E-state index in [1.54, 1.807) is 0 Å². The summed E-state index contributed by atoms with van der Waals surface area (Å²) >= 11 is 0. The molecule has 0 atom stereocenters. The summed E-state index contributed by atoms with van der Waals surface area (Å²) in [5.74, 6) is 0. The van der Waals surface area contributed by atoms with Crippen molar-refractivity contribution in [2.45, 2.75) is 19.3 Å². The molecular formula is C57H46. The van der Waals surface area contributed by atoms with E-state index in [0.29, 0.717) is 0 Å². The summed E-state index contributed by atoms with van der Waals surface area (Å²) in [4.78, 5) is 0. The van der Waals surface area contributed by atoms with Gasteiger partial charge in [0.15, 0.2) is 0 Å². The summed E-state index contributed by atoms with van der Waals surface area (Å²) in [5.41, 5.74) is 8.64. The lowest BCUT2D eigenvalue weighted by Crippen LogP contribution is -1.91. The molecule has 0 saturated heterocycles. The third-order valence-corrected chi connectivity index (χ3v) is 10.6. The summed E-state index contributed by atoms with van der Waals surface area (Å²) in [7, 11) is 0. The van der Waals surface area contributed by atoms with Gasteiger partial charge < -0.3 is 0 Å². The lowest BCUT2D eigenvalue weighted by Gasteiger charge is -2.07.